The number of rotatable bonds is 6. The lowest BCUT2D eigenvalue weighted by Gasteiger charge is -2.38. The minimum Gasteiger partial charge on any atom is -0.373 e. The van der Waals surface area contributed by atoms with Crippen LogP contribution in [0.4, 0.5) is 47.6 Å². The summed E-state index contributed by atoms with van der Waals surface area (Å²) in [5.74, 6) is 0. The van der Waals surface area contributed by atoms with Gasteiger partial charge in [-0.1, -0.05) is 38.9 Å². The van der Waals surface area contributed by atoms with Crippen LogP contribution in [-0.2, 0) is 4.74 Å². The molecule has 15 heteroatoms. The Labute approximate surface area is 109 Å². The van der Waals surface area contributed by atoms with Gasteiger partial charge in [0, 0.05) is 0 Å². The van der Waals surface area contributed by atoms with Crippen LogP contribution in [0.25, 0.3) is 0 Å². The van der Waals surface area contributed by atoms with E-state index in [1.165, 1.54) is 0 Å². The Morgan fingerprint density at radius 3 is 1.05 bits per heavy atom. The van der Waals surface area contributed by atoms with E-state index in [1.54, 1.807) is 0 Å². The molecule has 0 aliphatic carbocycles. The minimum atomic E-state index is -10.6. The molecule has 0 heterocycles. The van der Waals surface area contributed by atoms with Crippen LogP contribution in [-0.4, -0.2) is 13.2 Å². The Balaban J connectivity index is 4.73. The number of ether oxygens (including phenoxy) is 1. The molecule has 0 aliphatic heterocycles. The van der Waals surface area contributed by atoms with Gasteiger partial charge in [-0.05, 0) is 12.2 Å². The maximum absolute atomic E-state index is 12.2. The van der Waals surface area contributed by atoms with Gasteiger partial charge < -0.3 is 4.74 Å². The SMILES string of the molecule is FC(=CCOCC=C(F)S(F)(F)(F)(F)F)S(F)(F)(F)(F)F. The Kier molecular flexibility index (Phi) is 3.85. The van der Waals surface area contributed by atoms with Crippen LogP contribution in [0.5, 0.6) is 0 Å². The number of hydrogen-bond donors (Lipinski definition) is 0. The first-order valence-electron chi connectivity index (χ1n) is 4.30. The van der Waals surface area contributed by atoms with Crippen molar-refractivity contribution in [2.24, 2.45) is 0 Å². The van der Waals surface area contributed by atoms with Crippen molar-refractivity contribution in [2.75, 3.05) is 13.2 Å². The zero-order valence-electron chi connectivity index (χ0n) is 9.33. The molecule has 132 valence electrons. The molecule has 1 nitrogen and oxygen atoms in total. The minimum absolute atomic E-state index is 0.868. The molecule has 0 spiro atoms. The molecule has 0 aromatic heterocycles. The van der Waals surface area contributed by atoms with Gasteiger partial charge in [0.15, 0.2) is 0 Å². The largest absolute Gasteiger partial charge is 0.373 e. The van der Waals surface area contributed by atoms with Gasteiger partial charge in [0.25, 0.3) is 10.3 Å². The first-order valence-corrected chi connectivity index (χ1v) is 8.20. The average Bonchev–Trinajstić information content (AvgIpc) is 2.08. The number of hydrogen-bond acceptors (Lipinski definition) is 1. The summed E-state index contributed by atoms with van der Waals surface area (Å²) in [6.07, 6.45) is -1.74. The predicted molar refractivity (Wildman–Crippen MR) is 55.5 cm³/mol. The van der Waals surface area contributed by atoms with Gasteiger partial charge in [-0.2, -0.15) is 8.78 Å². The molecule has 0 fully saturated rings. The fourth-order valence-electron chi connectivity index (χ4n) is 0.632. The second-order valence-corrected chi connectivity index (χ2v) is 8.15. The summed E-state index contributed by atoms with van der Waals surface area (Å²) in [5.41, 5.74) is 0. The molecule has 0 saturated carbocycles. The van der Waals surface area contributed by atoms with Gasteiger partial charge in [0.05, 0.1) is 13.2 Å². The van der Waals surface area contributed by atoms with Crippen LogP contribution >= 0.6 is 20.4 Å². The molecule has 0 rings (SSSR count). The van der Waals surface area contributed by atoms with Crippen molar-refractivity contribution in [3.63, 3.8) is 0 Å². The smallest absolute Gasteiger partial charge is 0.334 e. The molecule has 0 atom stereocenters. The van der Waals surface area contributed by atoms with Gasteiger partial charge in [-0.3, -0.25) is 0 Å². The Bertz CT molecular complexity index is 432. The standard InChI is InChI=1S/C6H6F12OS2/c7-5(20(9,10,11,12)13)1-3-19-4-2-6(8)21(14,15,16,17)18/h1-2H,3-4H2. The van der Waals surface area contributed by atoms with Crippen LogP contribution in [0, 0.1) is 0 Å². The molecule has 0 saturated heterocycles. The predicted octanol–water partition coefficient (Wildman–Crippen LogP) is 7.22. The molecule has 21 heavy (non-hydrogen) atoms. The highest BCUT2D eigenvalue weighted by Gasteiger charge is 2.69. The molecule has 0 aromatic carbocycles. The first-order chi connectivity index (χ1) is 8.53. The second kappa shape index (κ2) is 3.98. The molecule has 0 amide bonds. The van der Waals surface area contributed by atoms with Crippen LogP contribution in [0.3, 0.4) is 0 Å². The fraction of sp³-hybridized carbons (Fsp3) is 0.333. The molecule has 0 N–H and O–H groups in total. The summed E-state index contributed by atoms with van der Waals surface area (Å²) >= 11 is 0. The van der Waals surface area contributed by atoms with E-state index < -0.39 is 56.1 Å². The number of halogens is 12. The van der Waals surface area contributed by atoms with E-state index in [0.29, 0.717) is 0 Å². The highest BCUT2D eigenvalue weighted by molar-refractivity contribution is 8.48. The lowest BCUT2D eigenvalue weighted by Crippen LogP contribution is -2.08. The quantitative estimate of drug-likeness (QED) is 0.346. The Hall–Kier alpha value is -0.700. The van der Waals surface area contributed by atoms with Crippen LogP contribution in [0.15, 0.2) is 22.5 Å². The van der Waals surface area contributed by atoms with Crippen molar-refractivity contribution in [1.82, 2.24) is 0 Å². The Morgan fingerprint density at radius 2 is 0.857 bits per heavy atom. The molecule has 0 aromatic rings. The third-order valence-electron chi connectivity index (χ3n) is 1.46. The lowest BCUT2D eigenvalue weighted by atomic mass is 10.6. The van der Waals surface area contributed by atoms with E-state index >= 15 is 0 Å². The zero-order valence-corrected chi connectivity index (χ0v) is 11.0. The summed E-state index contributed by atoms with van der Waals surface area (Å²) in [6, 6.07) is 0. The normalized spacial score (nSPS) is 22.1. The molecular weight excluding hydrogens is 380 g/mol. The van der Waals surface area contributed by atoms with Crippen molar-refractivity contribution in [3.05, 3.63) is 22.5 Å². The second-order valence-electron chi connectivity index (χ2n) is 3.49. The molecule has 0 bridgehead atoms. The maximum atomic E-state index is 12.2. The van der Waals surface area contributed by atoms with Gasteiger partial charge in [-0.25, -0.2) is 0 Å². The highest BCUT2D eigenvalue weighted by atomic mass is 32.5. The van der Waals surface area contributed by atoms with E-state index in [4.69, 9.17) is 0 Å². The van der Waals surface area contributed by atoms with E-state index in [1.807, 2.05) is 0 Å². The van der Waals surface area contributed by atoms with E-state index in [9.17, 15) is 47.6 Å². The van der Waals surface area contributed by atoms with E-state index in [2.05, 4.69) is 4.74 Å². The van der Waals surface area contributed by atoms with Crippen molar-refractivity contribution in [2.45, 2.75) is 0 Å². The average molecular weight is 386 g/mol. The lowest BCUT2D eigenvalue weighted by molar-refractivity contribution is 0.190. The van der Waals surface area contributed by atoms with Crippen LogP contribution in [0.1, 0.15) is 0 Å². The van der Waals surface area contributed by atoms with Crippen molar-refractivity contribution < 1.29 is 52.4 Å². The highest BCUT2D eigenvalue weighted by Crippen LogP contribution is 3.03. The van der Waals surface area contributed by atoms with Gasteiger partial charge in [-0.15, -0.1) is 0 Å². The van der Waals surface area contributed by atoms with Crippen LogP contribution in [0.2, 0.25) is 0 Å². The van der Waals surface area contributed by atoms with Gasteiger partial charge in [0.1, 0.15) is 0 Å². The molecule has 0 aliphatic rings. The third-order valence-corrected chi connectivity index (χ3v) is 3.27. The molecular formula is C6H6F12OS2. The fourth-order valence-corrected chi connectivity index (χ4v) is 1.40. The summed E-state index contributed by atoms with van der Waals surface area (Å²) in [6.45, 7) is -3.30. The van der Waals surface area contributed by atoms with Gasteiger partial charge >= 0.3 is 20.4 Å². The summed E-state index contributed by atoms with van der Waals surface area (Å²) in [7, 11) is -21.1. The summed E-state index contributed by atoms with van der Waals surface area (Å²) in [4.78, 5) is 0. The molecule has 0 radical (unpaired) electrons. The zero-order chi connectivity index (χ0) is 17.5. The van der Waals surface area contributed by atoms with Crippen LogP contribution < -0.4 is 0 Å². The van der Waals surface area contributed by atoms with Gasteiger partial charge in [0.2, 0.25) is 0 Å². The summed E-state index contributed by atoms with van der Waals surface area (Å²) in [5, 5.41) is -7.65. The summed E-state index contributed by atoms with van der Waals surface area (Å²) < 4.78 is 145. The topological polar surface area (TPSA) is 9.23 Å². The molecule has 0 unspecified atom stereocenters. The van der Waals surface area contributed by atoms with Crippen molar-refractivity contribution in [1.29, 1.82) is 0 Å². The van der Waals surface area contributed by atoms with Crippen molar-refractivity contribution in [3.8, 4) is 0 Å². The third kappa shape index (κ3) is 7.75. The maximum Gasteiger partial charge on any atom is 0.334 e. The van der Waals surface area contributed by atoms with Crippen molar-refractivity contribution >= 4 is 20.4 Å². The monoisotopic (exact) mass is 386 g/mol. The Morgan fingerprint density at radius 1 is 0.619 bits per heavy atom. The first kappa shape index (κ1) is 20.3. The van der Waals surface area contributed by atoms with E-state index in [0.717, 1.165) is 0 Å². The van der Waals surface area contributed by atoms with E-state index in [-0.39, 0.29) is 0 Å².